The molecule has 1 saturated heterocycles. The van der Waals surface area contributed by atoms with Gasteiger partial charge in [0.1, 0.15) is 11.1 Å². The third kappa shape index (κ3) is 5.31. The Hall–Kier alpha value is -3.03. The van der Waals surface area contributed by atoms with Gasteiger partial charge in [0.2, 0.25) is 5.91 Å². The first kappa shape index (κ1) is 23.1. The van der Waals surface area contributed by atoms with E-state index in [1.54, 1.807) is 28.5 Å². The Morgan fingerprint density at radius 1 is 1.12 bits per heavy atom. The molecule has 1 amide bonds. The van der Waals surface area contributed by atoms with Crippen molar-refractivity contribution in [2.75, 3.05) is 36.8 Å². The number of alkyl halides is 3. The predicted molar refractivity (Wildman–Crippen MR) is 123 cm³/mol. The molecule has 0 bridgehead atoms. The monoisotopic (exact) mass is 488 g/mol. The Morgan fingerprint density at radius 2 is 1.85 bits per heavy atom. The molecule has 0 spiro atoms. The Bertz CT molecular complexity index is 1150. The molecular formula is C23H19F3N4OS2. The molecule has 0 radical (unpaired) electrons. The van der Waals surface area contributed by atoms with E-state index in [1.165, 1.54) is 11.3 Å². The molecule has 0 saturated carbocycles. The normalized spacial score (nSPS) is 14.2. The summed E-state index contributed by atoms with van der Waals surface area (Å²) in [7, 11) is 0. The molecule has 2 aromatic heterocycles. The smallest absolute Gasteiger partial charge is 0.368 e. The largest absolute Gasteiger partial charge is 0.417 e. The summed E-state index contributed by atoms with van der Waals surface area (Å²) in [6.45, 7) is 2.40. The zero-order chi connectivity index (χ0) is 23.4. The standard InChI is InChI=1S/C23H19F3N4OS2/c24-23(25,26)18-13-19(20-7-4-12-32-20)28-22(17(18)14-27)33-15-21(31)30-10-8-29(9-11-30)16-5-2-1-3-6-16/h1-7,12-13H,8-11,15H2. The number of carbonyl (C=O) groups is 1. The molecule has 1 aliphatic heterocycles. The van der Waals surface area contributed by atoms with Crippen molar-refractivity contribution in [3.8, 4) is 16.6 Å². The first-order valence-electron chi connectivity index (χ1n) is 10.1. The van der Waals surface area contributed by atoms with Crippen LogP contribution in [-0.4, -0.2) is 47.7 Å². The van der Waals surface area contributed by atoms with Crippen LogP contribution in [0.3, 0.4) is 0 Å². The number of amides is 1. The second-order valence-electron chi connectivity index (χ2n) is 7.31. The van der Waals surface area contributed by atoms with E-state index < -0.39 is 17.3 Å². The zero-order valence-electron chi connectivity index (χ0n) is 17.4. The SMILES string of the molecule is N#Cc1c(C(F)(F)F)cc(-c2cccs2)nc1SCC(=O)N1CCN(c2ccccc2)CC1. The van der Waals surface area contributed by atoms with E-state index in [1.807, 2.05) is 30.3 Å². The van der Waals surface area contributed by atoms with Gasteiger partial charge < -0.3 is 9.80 Å². The van der Waals surface area contributed by atoms with Gasteiger partial charge in [0, 0.05) is 31.9 Å². The van der Waals surface area contributed by atoms with Crippen molar-refractivity contribution < 1.29 is 18.0 Å². The third-order valence-electron chi connectivity index (χ3n) is 5.26. The van der Waals surface area contributed by atoms with Gasteiger partial charge in [0.15, 0.2) is 0 Å². The van der Waals surface area contributed by atoms with Crippen LogP contribution in [0.5, 0.6) is 0 Å². The van der Waals surface area contributed by atoms with Crippen molar-refractivity contribution in [2.24, 2.45) is 0 Å². The topological polar surface area (TPSA) is 60.2 Å². The first-order chi connectivity index (χ1) is 15.9. The summed E-state index contributed by atoms with van der Waals surface area (Å²) in [5.41, 5.74) is -0.348. The number of hydrogen-bond donors (Lipinski definition) is 0. The molecule has 170 valence electrons. The van der Waals surface area contributed by atoms with Gasteiger partial charge in [-0.25, -0.2) is 4.98 Å². The molecule has 5 nitrogen and oxygen atoms in total. The van der Waals surface area contributed by atoms with E-state index in [4.69, 9.17) is 0 Å². The van der Waals surface area contributed by atoms with Crippen molar-refractivity contribution in [1.82, 2.24) is 9.88 Å². The van der Waals surface area contributed by atoms with Crippen LogP contribution in [0.2, 0.25) is 0 Å². The van der Waals surface area contributed by atoms with E-state index in [0.29, 0.717) is 31.1 Å². The highest BCUT2D eigenvalue weighted by molar-refractivity contribution is 8.00. The van der Waals surface area contributed by atoms with Gasteiger partial charge in [-0.2, -0.15) is 18.4 Å². The summed E-state index contributed by atoms with van der Waals surface area (Å²) in [5, 5.41) is 11.1. The minimum Gasteiger partial charge on any atom is -0.368 e. The number of aromatic nitrogens is 1. The van der Waals surface area contributed by atoms with E-state index >= 15 is 0 Å². The van der Waals surface area contributed by atoms with Gasteiger partial charge in [-0.1, -0.05) is 36.0 Å². The lowest BCUT2D eigenvalue weighted by Gasteiger charge is -2.36. The molecule has 4 rings (SSSR count). The fourth-order valence-electron chi connectivity index (χ4n) is 3.58. The van der Waals surface area contributed by atoms with Crippen molar-refractivity contribution in [3.05, 3.63) is 65.0 Å². The van der Waals surface area contributed by atoms with Crippen LogP contribution in [0, 0.1) is 11.3 Å². The highest BCUT2D eigenvalue weighted by Gasteiger charge is 2.36. The Balaban J connectivity index is 1.48. The minimum absolute atomic E-state index is 0.0769. The highest BCUT2D eigenvalue weighted by Crippen LogP contribution is 2.38. The van der Waals surface area contributed by atoms with Crippen LogP contribution in [0.4, 0.5) is 18.9 Å². The number of piperazine rings is 1. The number of anilines is 1. The van der Waals surface area contributed by atoms with E-state index in [9.17, 15) is 23.2 Å². The van der Waals surface area contributed by atoms with Crippen LogP contribution in [0.1, 0.15) is 11.1 Å². The summed E-state index contributed by atoms with van der Waals surface area (Å²) in [6, 6.07) is 15.8. The number of thioether (sulfide) groups is 1. The Labute approximate surface area is 197 Å². The molecular weight excluding hydrogens is 469 g/mol. The summed E-state index contributed by atoms with van der Waals surface area (Å²) in [6.07, 6.45) is -4.70. The van der Waals surface area contributed by atoms with Crippen LogP contribution in [0.15, 0.2) is 58.9 Å². The average molecular weight is 489 g/mol. The molecule has 0 atom stereocenters. The molecule has 3 aromatic rings. The number of halogens is 3. The number of carbonyl (C=O) groups excluding carboxylic acids is 1. The Kier molecular flexibility index (Phi) is 6.91. The average Bonchev–Trinajstić information content (AvgIpc) is 3.37. The summed E-state index contributed by atoms with van der Waals surface area (Å²) in [5.74, 6) is -0.272. The highest BCUT2D eigenvalue weighted by atomic mass is 32.2. The first-order valence-corrected chi connectivity index (χ1v) is 12.0. The number of hydrogen-bond acceptors (Lipinski definition) is 6. The second kappa shape index (κ2) is 9.85. The lowest BCUT2D eigenvalue weighted by molar-refractivity contribution is -0.138. The summed E-state index contributed by atoms with van der Waals surface area (Å²) in [4.78, 5) is 21.5. The quantitative estimate of drug-likeness (QED) is 0.466. The van der Waals surface area contributed by atoms with E-state index in [2.05, 4.69) is 9.88 Å². The third-order valence-corrected chi connectivity index (χ3v) is 7.12. The van der Waals surface area contributed by atoms with Gasteiger partial charge in [-0.3, -0.25) is 4.79 Å². The fourth-order valence-corrected chi connectivity index (χ4v) is 5.17. The number of pyridine rings is 1. The van der Waals surface area contributed by atoms with E-state index in [-0.39, 0.29) is 22.4 Å². The van der Waals surface area contributed by atoms with Crippen LogP contribution < -0.4 is 4.90 Å². The van der Waals surface area contributed by atoms with E-state index in [0.717, 1.165) is 23.5 Å². The maximum atomic E-state index is 13.6. The molecule has 1 fully saturated rings. The lowest BCUT2D eigenvalue weighted by Crippen LogP contribution is -2.49. The summed E-state index contributed by atoms with van der Waals surface area (Å²) >= 11 is 2.14. The molecule has 0 N–H and O–H groups in total. The van der Waals surface area contributed by atoms with Crippen LogP contribution in [-0.2, 0) is 11.0 Å². The van der Waals surface area contributed by atoms with Gasteiger partial charge in [-0.15, -0.1) is 11.3 Å². The number of para-hydroxylation sites is 1. The van der Waals surface area contributed by atoms with Gasteiger partial charge in [-0.05, 0) is 29.6 Å². The second-order valence-corrected chi connectivity index (χ2v) is 9.23. The minimum atomic E-state index is -4.70. The molecule has 0 aliphatic carbocycles. The van der Waals surface area contributed by atoms with Crippen LogP contribution in [0.25, 0.3) is 10.6 Å². The zero-order valence-corrected chi connectivity index (χ0v) is 19.0. The fraction of sp³-hybridized carbons (Fsp3) is 0.261. The number of nitrogens with zero attached hydrogens (tertiary/aromatic N) is 4. The molecule has 33 heavy (non-hydrogen) atoms. The molecule has 1 aliphatic rings. The molecule has 0 unspecified atom stereocenters. The predicted octanol–water partition coefficient (Wildman–Crippen LogP) is 5.14. The van der Waals surface area contributed by atoms with Crippen molar-refractivity contribution in [3.63, 3.8) is 0 Å². The number of rotatable bonds is 5. The van der Waals surface area contributed by atoms with Crippen molar-refractivity contribution in [2.45, 2.75) is 11.2 Å². The van der Waals surface area contributed by atoms with Gasteiger partial charge in [0.25, 0.3) is 0 Å². The molecule has 1 aromatic carbocycles. The molecule has 3 heterocycles. The van der Waals surface area contributed by atoms with Crippen molar-refractivity contribution >= 4 is 34.7 Å². The number of nitriles is 1. The lowest BCUT2D eigenvalue weighted by atomic mass is 10.1. The maximum Gasteiger partial charge on any atom is 0.417 e. The van der Waals surface area contributed by atoms with Crippen LogP contribution >= 0.6 is 23.1 Å². The number of benzene rings is 1. The van der Waals surface area contributed by atoms with Crippen molar-refractivity contribution in [1.29, 1.82) is 5.26 Å². The van der Waals surface area contributed by atoms with Gasteiger partial charge in [0.05, 0.1) is 27.5 Å². The number of thiophene rings is 1. The summed E-state index contributed by atoms with van der Waals surface area (Å²) < 4.78 is 40.9. The molecule has 10 heteroatoms. The maximum absolute atomic E-state index is 13.6. The van der Waals surface area contributed by atoms with Gasteiger partial charge >= 0.3 is 6.18 Å². The Morgan fingerprint density at radius 3 is 2.45 bits per heavy atom.